The Kier molecular flexibility index (Phi) is 6.43. The van der Waals surface area contributed by atoms with Crippen LogP contribution < -0.4 is 0 Å². The summed E-state index contributed by atoms with van der Waals surface area (Å²) in [6, 6.07) is 6.37. The SMILES string of the molecule is Cc1nc(C)c(C(=O)C2=C(O)C(=O)N(CCN3CCOCC3)[C@@H]2c2cccc(Cl)c2)s1. The molecule has 1 amide bonds. The van der Waals surface area contributed by atoms with E-state index in [4.69, 9.17) is 16.3 Å². The zero-order valence-electron chi connectivity index (χ0n) is 17.4. The number of thiazole rings is 1. The minimum Gasteiger partial charge on any atom is -0.503 e. The highest BCUT2D eigenvalue weighted by Gasteiger charge is 2.44. The first kappa shape index (κ1) is 22.0. The van der Waals surface area contributed by atoms with E-state index in [1.54, 1.807) is 30.0 Å². The Bertz CT molecular complexity index is 1050. The van der Waals surface area contributed by atoms with Gasteiger partial charge in [0.2, 0.25) is 5.78 Å². The Morgan fingerprint density at radius 2 is 2.03 bits per heavy atom. The van der Waals surface area contributed by atoms with Gasteiger partial charge in [0.1, 0.15) is 0 Å². The fraction of sp³-hybridized carbons (Fsp3) is 0.409. The van der Waals surface area contributed by atoms with E-state index in [0.29, 0.717) is 47.5 Å². The highest BCUT2D eigenvalue weighted by atomic mass is 35.5. The molecule has 7 nitrogen and oxygen atoms in total. The molecule has 0 spiro atoms. The number of aromatic nitrogens is 1. The highest BCUT2D eigenvalue weighted by molar-refractivity contribution is 7.14. The summed E-state index contributed by atoms with van der Waals surface area (Å²) in [5.41, 5.74) is 1.37. The van der Waals surface area contributed by atoms with Crippen LogP contribution in [-0.4, -0.2) is 71.0 Å². The maximum Gasteiger partial charge on any atom is 0.290 e. The van der Waals surface area contributed by atoms with Gasteiger partial charge in [-0.3, -0.25) is 14.5 Å². The molecule has 9 heteroatoms. The van der Waals surface area contributed by atoms with Gasteiger partial charge in [-0.05, 0) is 31.5 Å². The first-order valence-corrected chi connectivity index (χ1v) is 11.3. The fourth-order valence-electron chi connectivity index (χ4n) is 4.08. The molecule has 2 aliphatic rings. The number of hydrogen-bond donors (Lipinski definition) is 1. The van der Waals surface area contributed by atoms with Crippen molar-refractivity contribution < 1.29 is 19.4 Å². The number of nitrogens with zero attached hydrogens (tertiary/aromatic N) is 3. The van der Waals surface area contributed by atoms with Crippen LogP contribution in [0.1, 0.15) is 32.0 Å². The molecule has 1 atom stereocenters. The van der Waals surface area contributed by atoms with Crippen LogP contribution in [0.2, 0.25) is 5.02 Å². The van der Waals surface area contributed by atoms with Crippen LogP contribution in [0.4, 0.5) is 0 Å². The van der Waals surface area contributed by atoms with Gasteiger partial charge in [-0.2, -0.15) is 0 Å². The monoisotopic (exact) mass is 461 g/mol. The van der Waals surface area contributed by atoms with Gasteiger partial charge in [0.15, 0.2) is 5.76 Å². The van der Waals surface area contributed by atoms with Crippen molar-refractivity contribution in [3.63, 3.8) is 0 Å². The van der Waals surface area contributed by atoms with E-state index >= 15 is 0 Å². The van der Waals surface area contributed by atoms with Crippen molar-refractivity contribution in [2.75, 3.05) is 39.4 Å². The summed E-state index contributed by atoms with van der Waals surface area (Å²) >= 11 is 7.48. The predicted octanol–water partition coefficient (Wildman–Crippen LogP) is 3.32. The van der Waals surface area contributed by atoms with Gasteiger partial charge in [-0.1, -0.05) is 23.7 Å². The minimum atomic E-state index is -0.707. The number of Topliss-reactive ketones (excluding diaryl/α,β-unsaturated/α-hetero) is 1. The Morgan fingerprint density at radius 3 is 2.68 bits per heavy atom. The van der Waals surface area contributed by atoms with E-state index in [1.807, 2.05) is 13.0 Å². The summed E-state index contributed by atoms with van der Waals surface area (Å²) in [5, 5.41) is 12.0. The van der Waals surface area contributed by atoms with Gasteiger partial charge in [0.05, 0.1) is 40.4 Å². The van der Waals surface area contributed by atoms with Crippen molar-refractivity contribution in [2.24, 2.45) is 0 Å². The number of hydrogen-bond acceptors (Lipinski definition) is 7. The number of amides is 1. The van der Waals surface area contributed by atoms with Crippen LogP contribution in [0.25, 0.3) is 0 Å². The normalized spacial score (nSPS) is 20.0. The standard InChI is InChI=1S/C22H24ClN3O4S/c1-13-21(31-14(2)24-13)19(27)17-18(15-4-3-5-16(23)12-15)26(22(29)20(17)28)7-6-25-8-10-30-11-9-25/h3-5,12,18,28H,6-11H2,1-2H3/t18-/m1/s1. The van der Waals surface area contributed by atoms with E-state index in [-0.39, 0.29) is 11.4 Å². The topological polar surface area (TPSA) is 83.0 Å². The quantitative estimate of drug-likeness (QED) is 0.664. The second-order valence-corrected chi connectivity index (χ2v) is 9.29. The number of carbonyl (C=O) groups excluding carboxylic acids is 2. The van der Waals surface area contributed by atoms with E-state index in [1.165, 1.54) is 11.3 Å². The zero-order valence-corrected chi connectivity index (χ0v) is 19.0. The van der Waals surface area contributed by atoms with E-state index < -0.39 is 17.7 Å². The lowest BCUT2D eigenvalue weighted by atomic mass is 9.95. The molecule has 2 aliphatic heterocycles. The fourth-order valence-corrected chi connectivity index (χ4v) is 5.15. The lowest BCUT2D eigenvalue weighted by molar-refractivity contribution is -0.129. The molecule has 0 aliphatic carbocycles. The smallest absolute Gasteiger partial charge is 0.290 e. The number of morpholine rings is 1. The Morgan fingerprint density at radius 1 is 1.29 bits per heavy atom. The first-order chi connectivity index (χ1) is 14.9. The maximum atomic E-state index is 13.5. The summed E-state index contributed by atoms with van der Waals surface area (Å²) in [6.45, 7) is 7.47. The summed E-state index contributed by atoms with van der Waals surface area (Å²) in [4.78, 5) is 35.1. The number of aliphatic hydroxyl groups excluding tert-OH is 1. The molecule has 3 heterocycles. The minimum absolute atomic E-state index is 0.0843. The molecule has 164 valence electrons. The second-order valence-electron chi connectivity index (χ2n) is 7.65. The van der Waals surface area contributed by atoms with Crippen molar-refractivity contribution in [2.45, 2.75) is 19.9 Å². The molecule has 0 bridgehead atoms. The third-order valence-electron chi connectivity index (χ3n) is 5.58. The largest absolute Gasteiger partial charge is 0.503 e. The molecule has 4 rings (SSSR count). The maximum absolute atomic E-state index is 13.5. The number of rotatable bonds is 6. The Hall–Kier alpha value is -2.26. The average Bonchev–Trinajstić information content (AvgIpc) is 3.22. The average molecular weight is 462 g/mol. The zero-order chi connectivity index (χ0) is 22.1. The molecular formula is C22H24ClN3O4S. The molecule has 0 radical (unpaired) electrons. The van der Waals surface area contributed by atoms with Crippen LogP contribution in [0.5, 0.6) is 0 Å². The molecule has 0 saturated carbocycles. The molecule has 0 unspecified atom stereocenters. The number of ether oxygens (including phenoxy) is 1. The van der Waals surface area contributed by atoms with Gasteiger partial charge in [-0.15, -0.1) is 11.3 Å². The van der Waals surface area contributed by atoms with Crippen molar-refractivity contribution in [3.05, 3.63) is 61.8 Å². The molecule has 2 aromatic rings. The number of benzene rings is 1. The summed E-state index contributed by atoms with van der Waals surface area (Å²) in [7, 11) is 0. The number of halogens is 1. The lowest BCUT2D eigenvalue weighted by Crippen LogP contribution is -2.43. The Labute approximate surface area is 189 Å². The van der Waals surface area contributed by atoms with Crippen molar-refractivity contribution >= 4 is 34.6 Å². The van der Waals surface area contributed by atoms with Crippen molar-refractivity contribution in [1.29, 1.82) is 0 Å². The van der Waals surface area contributed by atoms with Crippen LogP contribution in [0.15, 0.2) is 35.6 Å². The van der Waals surface area contributed by atoms with Gasteiger partial charge in [0, 0.05) is 31.2 Å². The van der Waals surface area contributed by atoms with Gasteiger partial charge in [0.25, 0.3) is 5.91 Å². The van der Waals surface area contributed by atoms with E-state index in [9.17, 15) is 14.7 Å². The first-order valence-electron chi connectivity index (χ1n) is 10.1. The number of aryl methyl sites for hydroxylation is 2. The number of ketones is 1. The van der Waals surface area contributed by atoms with Gasteiger partial charge < -0.3 is 14.7 Å². The third kappa shape index (κ3) is 4.39. The van der Waals surface area contributed by atoms with E-state index in [0.717, 1.165) is 18.1 Å². The third-order valence-corrected chi connectivity index (χ3v) is 6.89. The summed E-state index contributed by atoms with van der Waals surface area (Å²) in [5.74, 6) is -1.41. The molecule has 1 aromatic heterocycles. The predicted molar refractivity (Wildman–Crippen MR) is 119 cm³/mol. The molecule has 31 heavy (non-hydrogen) atoms. The van der Waals surface area contributed by atoms with Gasteiger partial charge >= 0.3 is 0 Å². The summed E-state index contributed by atoms with van der Waals surface area (Å²) in [6.07, 6.45) is 0. The van der Waals surface area contributed by atoms with E-state index in [2.05, 4.69) is 9.88 Å². The van der Waals surface area contributed by atoms with Crippen molar-refractivity contribution in [3.8, 4) is 0 Å². The van der Waals surface area contributed by atoms with Crippen LogP contribution >= 0.6 is 22.9 Å². The Balaban J connectivity index is 1.70. The lowest BCUT2D eigenvalue weighted by Gasteiger charge is -2.31. The molecule has 1 fully saturated rings. The second kappa shape index (κ2) is 9.08. The molecule has 1 saturated heterocycles. The molecule has 1 N–H and O–H groups in total. The molecule has 1 aromatic carbocycles. The van der Waals surface area contributed by atoms with Crippen LogP contribution in [-0.2, 0) is 9.53 Å². The summed E-state index contributed by atoms with van der Waals surface area (Å²) < 4.78 is 5.39. The van der Waals surface area contributed by atoms with Crippen molar-refractivity contribution in [1.82, 2.24) is 14.8 Å². The van der Waals surface area contributed by atoms with Crippen LogP contribution in [0.3, 0.4) is 0 Å². The number of carbonyl (C=O) groups is 2. The van der Waals surface area contributed by atoms with Gasteiger partial charge in [-0.25, -0.2) is 4.98 Å². The highest BCUT2D eigenvalue weighted by Crippen LogP contribution is 2.40. The number of aliphatic hydroxyl groups is 1. The van der Waals surface area contributed by atoms with Crippen LogP contribution in [0, 0.1) is 13.8 Å². The molecular weight excluding hydrogens is 438 g/mol.